The van der Waals surface area contributed by atoms with Crippen molar-refractivity contribution in [2.24, 2.45) is 0 Å². The fourth-order valence-electron chi connectivity index (χ4n) is 1.17. The summed E-state index contributed by atoms with van der Waals surface area (Å²) in [5.41, 5.74) is 0. The second-order valence-corrected chi connectivity index (χ2v) is 5.25. The predicted octanol–water partition coefficient (Wildman–Crippen LogP) is -0.0777. The minimum atomic E-state index is -1.07. The number of carbonyl (C=O) groups excluding carboxylic acids is 2. The Bertz CT molecular complexity index is 336. The van der Waals surface area contributed by atoms with Crippen LogP contribution in [0.4, 0.5) is 4.79 Å². The first-order valence-corrected chi connectivity index (χ1v) is 7.12. The Morgan fingerprint density at radius 2 is 1.84 bits per heavy atom. The zero-order valence-electron chi connectivity index (χ0n) is 11.7. The molecule has 0 radical (unpaired) electrons. The van der Waals surface area contributed by atoms with Crippen molar-refractivity contribution in [3.63, 3.8) is 0 Å². The molecule has 0 aromatic heterocycles. The molecule has 0 saturated heterocycles. The molecule has 0 aromatic rings. The number of carboxylic acid groups (broad SMARTS) is 1. The molecule has 8 heteroatoms. The van der Waals surface area contributed by atoms with E-state index in [9.17, 15) is 14.4 Å². The topological polar surface area (TPSA) is 90.0 Å². The summed E-state index contributed by atoms with van der Waals surface area (Å²) in [4.78, 5) is 36.7. The maximum absolute atomic E-state index is 11.8. The molecule has 0 aliphatic carbocycles. The highest BCUT2D eigenvalue weighted by atomic mass is 32.2. The molecular formula is C11H21N3O4S. The van der Waals surface area contributed by atoms with Gasteiger partial charge in [-0.25, -0.2) is 9.59 Å². The summed E-state index contributed by atoms with van der Waals surface area (Å²) in [6.45, 7) is -0.0896. The number of amides is 3. The van der Waals surface area contributed by atoms with Gasteiger partial charge in [0.2, 0.25) is 5.91 Å². The number of aliphatic carboxylic acids is 1. The van der Waals surface area contributed by atoms with Gasteiger partial charge < -0.3 is 20.2 Å². The van der Waals surface area contributed by atoms with Gasteiger partial charge in [-0.1, -0.05) is 0 Å². The zero-order valence-corrected chi connectivity index (χ0v) is 12.5. The third kappa shape index (κ3) is 6.90. The van der Waals surface area contributed by atoms with Crippen molar-refractivity contribution in [2.75, 3.05) is 39.7 Å². The number of likely N-dealkylation sites (N-methyl/N-ethyl adjacent to an activating group) is 2. The van der Waals surface area contributed by atoms with E-state index >= 15 is 0 Å². The van der Waals surface area contributed by atoms with Crippen LogP contribution in [0.1, 0.15) is 6.42 Å². The maximum Gasteiger partial charge on any atom is 0.326 e. The fourth-order valence-corrected chi connectivity index (χ4v) is 1.64. The normalized spacial score (nSPS) is 11.6. The van der Waals surface area contributed by atoms with Crippen LogP contribution in [-0.4, -0.2) is 78.6 Å². The molecular weight excluding hydrogens is 270 g/mol. The maximum atomic E-state index is 11.8. The van der Waals surface area contributed by atoms with Crippen LogP contribution >= 0.6 is 11.8 Å². The van der Waals surface area contributed by atoms with Gasteiger partial charge in [-0.05, 0) is 18.4 Å². The number of rotatable bonds is 7. The van der Waals surface area contributed by atoms with Crippen molar-refractivity contribution in [1.82, 2.24) is 15.1 Å². The van der Waals surface area contributed by atoms with Gasteiger partial charge in [-0.15, -0.1) is 0 Å². The number of hydrogen-bond donors (Lipinski definition) is 2. The van der Waals surface area contributed by atoms with Crippen LogP contribution in [0.2, 0.25) is 0 Å². The zero-order chi connectivity index (χ0) is 15.0. The Balaban J connectivity index is 4.38. The molecule has 0 rings (SSSR count). The Morgan fingerprint density at radius 3 is 2.26 bits per heavy atom. The second kappa shape index (κ2) is 8.63. The van der Waals surface area contributed by atoms with Crippen molar-refractivity contribution in [3.05, 3.63) is 0 Å². The van der Waals surface area contributed by atoms with Gasteiger partial charge in [0.1, 0.15) is 12.6 Å². The van der Waals surface area contributed by atoms with E-state index < -0.39 is 18.0 Å². The van der Waals surface area contributed by atoms with E-state index in [1.165, 1.54) is 23.7 Å². The Morgan fingerprint density at radius 1 is 1.26 bits per heavy atom. The van der Waals surface area contributed by atoms with Crippen LogP contribution < -0.4 is 5.32 Å². The lowest BCUT2D eigenvalue weighted by molar-refractivity contribution is -0.139. The molecule has 0 aliphatic heterocycles. The summed E-state index contributed by atoms with van der Waals surface area (Å²) in [5, 5.41) is 11.4. The molecule has 0 saturated carbocycles. The summed E-state index contributed by atoms with van der Waals surface area (Å²) in [6.07, 6.45) is 2.21. The first-order chi connectivity index (χ1) is 8.79. The van der Waals surface area contributed by atoms with Crippen molar-refractivity contribution in [3.8, 4) is 0 Å². The lowest BCUT2D eigenvalue weighted by Crippen LogP contribution is -2.49. The average Bonchev–Trinajstić information content (AvgIpc) is 2.33. The minimum Gasteiger partial charge on any atom is -0.480 e. The Kier molecular flexibility index (Phi) is 7.97. The van der Waals surface area contributed by atoms with Crippen LogP contribution in [0.15, 0.2) is 0 Å². The average molecular weight is 291 g/mol. The van der Waals surface area contributed by atoms with E-state index in [0.29, 0.717) is 12.2 Å². The number of nitrogens with one attached hydrogen (secondary N) is 1. The molecule has 0 spiro atoms. The van der Waals surface area contributed by atoms with Crippen molar-refractivity contribution in [2.45, 2.75) is 12.5 Å². The van der Waals surface area contributed by atoms with Gasteiger partial charge in [-0.2, -0.15) is 11.8 Å². The number of nitrogens with zero attached hydrogens (tertiary/aromatic N) is 2. The van der Waals surface area contributed by atoms with Gasteiger partial charge in [0.05, 0.1) is 0 Å². The first kappa shape index (κ1) is 17.6. The second-order valence-electron chi connectivity index (χ2n) is 4.27. The monoisotopic (exact) mass is 291 g/mol. The third-order valence-electron chi connectivity index (χ3n) is 2.42. The summed E-state index contributed by atoms with van der Waals surface area (Å²) in [7, 11) is 4.63. The summed E-state index contributed by atoms with van der Waals surface area (Å²) < 4.78 is 0. The highest BCUT2D eigenvalue weighted by molar-refractivity contribution is 7.98. The lowest BCUT2D eigenvalue weighted by atomic mass is 10.2. The fraction of sp³-hybridized carbons (Fsp3) is 0.727. The quantitative estimate of drug-likeness (QED) is 0.685. The number of hydrogen-bond acceptors (Lipinski definition) is 4. The van der Waals surface area contributed by atoms with Gasteiger partial charge in [0.15, 0.2) is 0 Å². The Hall–Kier alpha value is -1.44. The highest BCUT2D eigenvalue weighted by Crippen LogP contribution is 2.02. The molecule has 0 unspecified atom stereocenters. The number of carbonyl (C=O) groups is 3. The van der Waals surface area contributed by atoms with E-state index in [0.717, 1.165) is 4.90 Å². The Labute approximate surface area is 117 Å². The van der Waals surface area contributed by atoms with E-state index in [-0.39, 0.29) is 12.5 Å². The van der Waals surface area contributed by atoms with Crippen LogP contribution in [-0.2, 0) is 9.59 Å². The number of thioether (sulfide) groups is 1. The van der Waals surface area contributed by atoms with Crippen LogP contribution in [0.25, 0.3) is 0 Å². The molecule has 0 bridgehead atoms. The van der Waals surface area contributed by atoms with Crippen molar-refractivity contribution in [1.29, 1.82) is 0 Å². The molecule has 7 nitrogen and oxygen atoms in total. The predicted molar refractivity (Wildman–Crippen MR) is 74.3 cm³/mol. The number of carboxylic acids is 1. The molecule has 1 atom stereocenters. The molecule has 0 aliphatic rings. The smallest absolute Gasteiger partial charge is 0.326 e. The molecule has 0 aromatic carbocycles. The van der Waals surface area contributed by atoms with Gasteiger partial charge in [-0.3, -0.25) is 4.79 Å². The van der Waals surface area contributed by atoms with Gasteiger partial charge in [0, 0.05) is 21.1 Å². The van der Waals surface area contributed by atoms with Crippen molar-refractivity contribution < 1.29 is 19.5 Å². The number of urea groups is 1. The van der Waals surface area contributed by atoms with Crippen LogP contribution in [0.5, 0.6) is 0 Å². The standard InChI is InChI=1S/C11H21N3O4S/c1-13(2)9(15)7-14(3)11(18)12-8(10(16)17)5-6-19-4/h8H,5-7H2,1-4H3,(H,12,18)(H,16,17)/t8-/m0/s1. The lowest BCUT2D eigenvalue weighted by Gasteiger charge is -2.22. The van der Waals surface area contributed by atoms with E-state index in [1.807, 2.05) is 6.26 Å². The summed E-state index contributed by atoms with van der Waals surface area (Å²) in [6, 6.07) is -1.50. The third-order valence-corrected chi connectivity index (χ3v) is 3.07. The summed E-state index contributed by atoms with van der Waals surface area (Å²) in [5.74, 6) is -0.666. The van der Waals surface area contributed by atoms with Gasteiger partial charge in [0.25, 0.3) is 0 Å². The van der Waals surface area contributed by atoms with E-state index in [4.69, 9.17) is 5.11 Å². The summed E-state index contributed by atoms with van der Waals surface area (Å²) >= 11 is 1.51. The SMILES string of the molecule is CSCC[C@H](NC(=O)N(C)CC(=O)N(C)C)C(=O)O. The van der Waals surface area contributed by atoms with Crippen LogP contribution in [0.3, 0.4) is 0 Å². The highest BCUT2D eigenvalue weighted by Gasteiger charge is 2.22. The minimum absolute atomic E-state index is 0.0896. The van der Waals surface area contributed by atoms with E-state index in [2.05, 4.69) is 5.32 Å². The molecule has 2 N–H and O–H groups in total. The van der Waals surface area contributed by atoms with Gasteiger partial charge >= 0.3 is 12.0 Å². The molecule has 3 amide bonds. The molecule has 0 heterocycles. The van der Waals surface area contributed by atoms with E-state index in [1.54, 1.807) is 14.1 Å². The van der Waals surface area contributed by atoms with Crippen LogP contribution in [0, 0.1) is 0 Å². The van der Waals surface area contributed by atoms with Crippen molar-refractivity contribution >= 4 is 29.7 Å². The largest absolute Gasteiger partial charge is 0.480 e. The molecule has 19 heavy (non-hydrogen) atoms. The molecule has 0 fully saturated rings. The first-order valence-electron chi connectivity index (χ1n) is 5.73. The molecule has 110 valence electrons.